The third-order valence-electron chi connectivity index (χ3n) is 3.49. The van der Waals surface area contributed by atoms with Crippen LogP contribution in [-0.2, 0) is 4.74 Å². The zero-order chi connectivity index (χ0) is 17.0. The van der Waals surface area contributed by atoms with Crippen LogP contribution >= 0.6 is 0 Å². The van der Waals surface area contributed by atoms with Gasteiger partial charge in [-0.2, -0.15) is 26.3 Å². The van der Waals surface area contributed by atoms with Crippen LogP contribution in [0.15, 0.2) is 24.0 Å². The molecule has 1 saturated heterocycles. The van der Waals surface area contributed by atoms with Gasteiger partial charge in [0.1, 0.15) is 11.3 Å². The number of nitrogens with one attached hydrogen (secondary N) is 1. The molecule has 1 aromatic rings. The Kier molecular flexibility index (Phi) is 3.24. The number of epoxide rings is 1. The van der Waals surface area contributed by atoms with Crippen molar-refractivity contribution < 1.29 is 35.8 Å². The number of hydrogen-bond donors (Lipinski definition) is 1. The number of ether oxygens (including phenoxy) is 2. The Morgan fingerprint density at radius 3 is 2.43 bits per heavy atom. The Hall–Kier alpha value is -2.06. The van der Waals surface area contributed by atoms with E-state index in [2.05, 4.69) is 4.74 Å². The lowest BCUT2D eigenvalue weighted by atomic mass is 9.95. The maximum atomic E-state index is 13.4. The highest BCUT2D eigenvalue weighted by Gasteiger charge is 2.77. The minimum Gasteiger partial charge on any atom is -0.493 e. The number of anilines is 1. The maximum absolute atomic E-state index is 13.4. The molecule has 0 radical (unpaired) electrons. The molecule has 0 aliphatic carbocycles. The number of alkyl halides is 6. The van der Waals surface area contributed by atoms with Gasteiger partial charge < -0.3 is 14.8 Å². The average molecular weight is 339 g/mol. The van der Waals surface area contributed by atoms with Crippen LogP contribution in [0.4, 0.5) is 32.0 Å². The Labute approximate surface area is 126 Å². The van der Waals surface area contributed by atoms with Gasteiger partial charge >= 0.3 is 18.1 Å². The second-order valence-electron chi connectivity index (χ2n) is 5.14. The molecule has 1 aromatic carbocycles. The van der Waals surface area contributed by atoms with Crippen molar-refractivity contribution in [1.82, 2.24) is 0 Å². The van der Waals surface area contributed by atoms with E-state index in [9.17, 15) is 26.3 Å². The lowest BCUT2D eigenvalue weighted by molar-refractivity contribution is -0.174. The van der Waals surface area contributed by atoms with Gasteiger partial charge in [0.15, 0.2) is 5.76 Å². The molecule has 1 N–H and O–H groups in total. The van der Waals surface area contributed by atoms with E-state index in [4.69, 9.17) is 4.74 Å². The number of benzene rings is 1. The van der Waals surface area contributed by atoms with Gasteiger partial charge in [0.2, 0.25) is 0 Å². The summed E-state index contributed by atoms with van der Waals surface area (Å²) in [6.45, 7) is 1.90. The molecule has 2 heterocycles. The smallest absolute Gasteiger partial charge is 0.456 e. The summed E-state index contributed by atoms with van der Waals surface area (Å²) in [5.74, 6) is -1.31. The van der Waals surface area contributed by atoms with Crippen molar-refractivity contribution in [3.05, 3.63) is 29.5 Å². The summed E-state index contributed by atoms with van der Waals surface area (Å²) in [7, 11) is 0. The van der Waals surface area contributed by atoms with E-state index >= 15 is 0 Å². The number of allylic oxidation sites excluding steroid dienone is 1. The van der Waals surface area contributed by atoms with Crippen LogP contribution in [0, 0.1) is 0 Å². The summed E-state index contributed by atoms with van der Waals surface area (Å²) >= 11 is 0. The van der Waals surface area contributed by atoms with Gasteiger partial charge in [-0.1, -0.05) is 13.0 Å². The second-order valence-corrected chi connectivity index (χ2v) is 5.14. The Bertz CT molecular complexity index is 679. The summed E-state index contributed by atoms with van der Waals surface area (Å²) in [5.41, 5.74) is -5.34. The number of rotatable bonds is 3. The number of hydrogen-bond acceptors (Lipinski definition) is 3. The molecule has 126 valence electrons. The second kappa shape index (κ2) is 4.72. The molecule has 0 spiro atoms. The van der Waals surface area contributed by atoms with Crippen LogP contribution in [0.25, 0.3) is 5.57 Å². The van der Waals surface area contributed by atoms with Crippen molar-refractivity contribution in [1.29, 1.82) is 0 Å². The largest absolute Gasteiger partial charge is 0.493 e. The number of halogens is 6. The summed E-state index contributed by atoms with van der Waals surface area (Å²) in [6.07, 6.45) is -9.49. The molecule has 0 amide bonds. The minimum absolute atomic E-state index is 0.136. The highest BCUT2D eigenvalue weighted by Crippen LogP contribution is 2.62. The Balaban J connectivity index is 2.19. The minimum atomic E-state index is -5.02. The lowest BCUT2D eigenvalue weighted by Gasteiger charge is -2.25. The van der Waals surface area contributed by atoms with Gasteiger partial charge in [-0.15, -0.1) is 0 Å². The first-order chi connectivity index (χ1) is 10.6. The first kappa shape index (κ1) is 15.8. The van der Waals surface area contributed by atoms with E-state index in [1.54, 1.807) is 6.92 Å². The van der Waals surface area contributed by atoms with Crippen molar-refractivity contribution in [2.75, 3.05) is 11.9 Å². The van der Waals surface area contributed by atoms with Crippen molar-refractivity contribution in [3.63, 3.8) is 0 Å². The molecule has 1 atom stereocenters. The summed E-state index contributed by atoms with van der Waals surface area (Å²) in [5, 5.41) is 2.02. The molecule has 3 rings (SSSR count). The zero-order valence-corrected chi connectivity index (χ0v) is 11.7. The third-order valence-corrected chi connectivity index (χ3v) is 3.49. The highest BCUT2D eigenvalue weighted by atomic mass is 19.4. The van der Waals surface area contributed by atoms with Crippen molar-refractivity contribution >= 4 is 11.3 Å². The average Bonchev–Trinajstić information content (AvgIpc) is 3.15. The summed E-state index contributed by atoms with van der Waals surface area (Å²) in [4.78, 5) is 0. The molecule has 0 saturated carbocycles. The van der Waals surface area contributed by atoms with Gasteiger partial charge in [0.25, 0.3) is 0 Å². The van der Waals surface area contributed by atoms with Crippen LogP contribution < -0.4 is 10.1 Å². The molecule has 1 fully saturated rings. The standard InChI is InChI=1S/C14H11F6NO2/c1-2-6-22-8-5-3-4-7-9(8)10(13(15,16)17)11-12(21-7,23-11)14(18,19)20/h3-5,21H,2,6H2,1H3. The topological polar surface area (TPSA) is 33.8 Å². The Morgan fingerprint density at radius 1 is 1.17 bits per heavy atom. The highest BCUT2D eigenvalue weighted by molar-refractivity contribution is 5.90. The zero-order valence-electron chi connectivity index (χ0n) is 11.7. The monoisotopic (exact) mass is 339 g/mol. The van der Waals surface area contributed by atoms with E-state index < -0.39 is 35.0 Å². The van der Waals surface area contributed by atoms with E-state index in [-0.39, 0.29) is 18.0 Å². The van der Waals surface area contributed by atoms with Crippen LogP contribution in [0.2, 0.25) is 0 Å². The first-order valence-electron chi connectivity index (χ1n) is 6.74. The van der Waals surface area contributed by atoms with Gasteiger partial charge in [0.05, 0.1) is 12.2 Å². The predicted octanol–water partition coefficient (Wildman–Crippen LogP) is 4.46. The third kappa shape index (κ3) is 2.29. The fourth-order valence-corrected chi connectivity index (χ4v) is 2.49. The van der Waals surface area contributed by atoms with Gasteiger partial charge in [-0.05, 0) is 18.6 Å². The van der Waals surface area contributed by atoms with Crippen molar-refractivity contribution in [2.24, 2.45) is 0 Å². The lowest BCUT2D eigenvalue weighted by Crippen LogP contribution is -2.42. The van der Waals surface area contributed by atoms with Gasteiger partial charge in [0, 0.05) is 5.69 Å². The molecule has 0 aromatic heterocycles. The molecule has 1 unspecified atom stereocenters. The summed E-state index contributed by atoms with van der Waals surface area (Å²) in [6, 6.07) is 3.74. The molecule has 2 aliphatic rings. The normalized spacial score (nSPS) is 22.7. The molecule has 2 aliphatic heterocycles. The van der Waals surface area contributed by atoms with E-state index in [1.165, 1.54) is 12.1 Å². The molecule has 0 bridgehead atoms. The fourth-order valence-electron chi connectivity index (χ4n) is 2.49. The predicted molar refractivity (Wildman–Crippen MR) is 68.7 cm³/mol. The van der Waals surface area contributed by atoms with Crippen molar-refractivity contribution in [3.8, 4) is 5.75 Å². The van der Waals surface area contributed by atoms with Crippen LogP contribution in [0.5, 0.6) is 5.75 Å². The van der Waals surface area contributed by atoms with Crippen LogP contribution in [-0.4, -0.2) is 24.7 Å². The molecular weight excluding hydrogens is 328 g/mol. The first-order valence-corrected chi connectivity index (χ1v) is 6.74. The van der Waals surface area contributed by atoms with Gasteiger partial charge in [-0.3, -0.25) is 0 Å². The molecule has 23 heavy (non-hydrogen) atoms. The fraction of sp³-hybridized carbons (Fsp3) is 0.429. The molecule has 3 nitrogen and oxygen atoms in total. The SMILES string of the molecule is CCCOc1cccc2c1C(C(F)(F)F)=C1OC1(C(F)(F)F)N2. The molecule has 9 heteroatoms. The summed E-state index contributed by atoms with van der Waals surface area (Å²) < 4.78 is 89.1. The van der Waals surface area contributed by atoms with E-state index in [1.807, 2.05) is 5.32 Å². The number of fused-ring (bicyclic) bond motifs is 2. The van der Waals surface area contributed by atoms with Crippen LogP contribution in [0.3, 0.4) is 0 Å². The van der Waals surface area contributed by atoms with E-state index in [0.29, 0.717) is 6.42 Å². The Morgan fingerprint density at radius 2 is 1.87 bits per heavy atom. The van der Waals surface area contributed by atoms with Crippen LogP contribution in [0.1, 0.15) is 18.9 Å². The van der Waals surface area contributed by atoms with Crippen molar-refractivity contribution in [2.45, 2.75) is 31.4 Å². The molecular formula is C14H11F6NO2. The van der Waals surface area contributed by atoms with E-state index in [0.717, 1.165) is 6.07 Å². The quantitative estimate of drug-likeness (QED) is 0.652. The maximum Gasteiger partial charge on any atom is 0.456 e. The van der Waals surface area contributed by atoms with Gasteiger partial charge in [-0.25, -0.2) is 0 Å².